The van der Waals surface area contributed by atoms with Crippen LogP contribution in [-0.4, -0.2) is 57.6 Å². The Bertz CT molecular complexity index is 1060. The van der Waals surface area contributed by atoms with Gasteiger partial charge in [0.25, 0.3) is 0 Å². The minimum Gasteiger partial charge on any atom is -0.480 e. The zero-order chi connectivity index (χ0) is 21.4. The molecule has 2 aliphatic rings. The highest BCUT2D eigenvalue weighted by atomic mass is 19.1. The molecular formula is C20H23FN8O2. The number of morpholine rings is 1. The SMILES string of the molecule is COc1cc(Nc2nc(NC(C)c3ccc(F)cn3)cc(N3C[C@@H]4CC3CO4)n2)[nH]n1. The summed E-state index contributed by atoms with van der Waals surface area (Å²) in [6.07, 6.45) is 2.45. The predicted octanol–water partition coefficient (Wildman–Crippen LogP) is 2.64. The molecular weight excluding hydrogens is 403 g/mol. The van der Waals surface area contributed by atoms with Crippen molar-refractivity contribution in [2.75, 3.05) is 35.8 Å². The first-order chi connectivity index (χ1) is 15.1. The highest BCUT2D eigenvalue weighted by Gasteiger charge is 2.40. The van der Waals surface area contributed by atoms with Crippen LogP contribution in [0.3, 0.4) is 0 Å². The zero-order valence-corrected chi connectivity index (χ0v) is 17.2. The Kier molecular flexibility index (Phi) is 5.02. The van der Waals surface area contributed by atoms with Crippen molar-refractivity contribution in [3.05, 3.63) is 42.0 Å². The summed E-state index contributed by atoms with van der Waals surface area (Å²) in [5.41, 5.74) is 0.711. The molecule has 3 N–H and O–H groups in total. The molecule has 2 unspecified atom stereocenters. The summed E-state index contributed by atoms with van der Waals surface area (Å²) in [6.45, 7) is 3.45. The number of aromatic amines is 1. The Balaban J connectivity index is 1.42. The largest absolute Gasteiger partial charge is 0.480 e. The van der Waals surface area contributed by atoms with Crippen LogP contribution in [0.5, 0.6) is 5.88 Å². The van der Waals surface area contributed by atoms with Gasteiger partial charge in [-0.25, -0.2) is 4.39 Å². The van der Waals surface area contributed by atoms with Gasteiger partial charge in [-0.3, -0.25) is 10.1 Å². The number of anilines is 4. The van der Waals surface area contributed by atoms with E-state index in [2.05, 4.69) is 35.7 Å². The molecule has 0 spiro atoms. The van der Waals surface area contributed by atoms with Gasteiger partial charge in [0.15, 0.2) is 0 Å². The highest BCUT2D eigenvalue weighted by molar-refractivity contribution is 5.59. The molecule has 3 atom stereocenters. The molecule has 0 saturated carbocycles. The van der Waals surface area contributed by atoms with Gasteiger partial charge in [-0.1, -0.05) is 0 Å². The molecule has 5 heterocycles. The summed E-state index contributed by atoms with van der Waals surface area (Å²) in [4.78, 5) is 15.7. The van der Waals surface area contributed by atoms with Gasteiger partial charge in [-0.15, -0.1) is 5.10 Å². The van der Waals surface area contributed by atoms with Gasteiger partial charge in [0.1, 0.15) is 23.3 Å². The first-order valence-corrected chi connectivity index (χ1v) is 10.1. The van der Waals surface area contributed by atoms with Crippen molar-refractivity contribution in [3.63, 3.8) is 0 Å². The maximum Gasteiger partial charge on any atom is 0.234 e. The maximum atomic E-state index is 13.2. The van der Waals surface area contributed by atoms with Crippen LogP contribution in [0, 0.1) is 5.82 Å². The molecule has 162 valence electrons. The fourth-order valence-electron chi connectivity index (χ4n) is 3.92. The maximum absolute atomic E-state index is 13.2. The first kappa shape index (κ1) is 19.5. The van der Waals surface area contributed by atoms with E-state index in [0.29, 0.717) is 41.8 Å². The van der Waals surface area contributed by atoms with Gasteiger partial charge in [-0.05, 0) is 25.5 Å². The summed E-state index contributed by atoms with van der Waals surface area (Å²) in [7, 11) is 1.55. The lowest BCUT2D eigenvalue weighted by Crippen LogP contribution is -2.37. The second-order valence-electron chi connectivity index (χ2n) is 7.65. The van der Waals surface area contributed by atoms with Gasteiger partial charge < -0.3 is 25.0 Å². The minimum atomic E-state index is -0.368. The van der Waals surface area contributed by atoms with Gasteiger partial charge >= 0.3 is 0 Å². The van der Waals surface area contributed by atoms with E-state index in [-0.39, 0.29) is 18.0 Å². The number of fused-ring (bicyclic) bond motifs is 2. The van der Waals surface area contributed by atoms with E-state index < -0.39 is 0 Å². The van der Waals surface area contributed by atoms with Crippen molar-refractivity contribution in [3.8, 4) is 5.88 Å². The molecule has 0 amide bonds. The monoisotopic (exact) mass is 426 g/mol. The van der Waals surface area contributed by atoms with Crippen LogP contribution in [0.15, 0.2) is 30.5 Å². The third-order valence-electron chi connectivity index (χ3n) is 5.48. The smallest absolute Gasteiger partial charge is 0.234 e. The number of nitrogens with zero attached hydrogens (tertiary/aromatic N) is 5. The van der Waals surface area contributed by atoms with Crippen LogP contribution < -0.4 is 20.3 Å². The minimum absolute atomic E-state index is 0.179. The third-order valence-corrected chi connectivity index (χ3v) is 5.48. The molecule has 2 aliphatic heterocycles. The van der Waals surface area contributed by atoms with E-state index in [1.165, 1.54) is 12.3 Å². The summed E-state index contributed by atoms with van der Waals surface area (Å²) in [6, 6.07) is 6.82. The van der Waals surface area contributed by atoms with Crippen LogP contribution in [-0.2, 0) is 4.74 Å². The second-order valence-corrected chi connectivity index (χ2v) is 7.65. The number of hydrogen-bond acceptors (Lipinski definition) is 9. The number of ether oxygens (including phenoxy) is 2. The molecule has 0 radical (unpaired) electrons. The lowest BCUT2D eigenvalue weighted by atomic mass is 10.2. The number of nitrogens with one attached hydrogen (secondary N) is 3. The number of pyridine rings is 1. The number of rotatable bonds is 7. The van der Waals surface area contributed by atoms with Crippen molar-refractivity contribution in [2.45, 2.75) is 31.5 Å². The molecule has 31 heavy (non-hydrogen) atoms. The summed E-state index contributed by atoms with van der Waals surface area (Å²) >= 11 is 0. The molecule has 0 aromatic carbocycles. The fraction of sp³-hybridized carbons (Fsp3) is 0.400. The average molecular weight is 426 g/mol. The Morgan fingerprint density at radius 3 is 2.90 bits per heavy atom. The Morgan fingerprint density at radius 2 is 2.23 bits per heavy atom. The predicted molar refractivity (Wildman–Crippen MR) is 112 cm³/mol. The van der Waals surface area contributed by atoms with E-state index in [1.54, 1.807) is 19.2 Å². The quantitative estimate of drug-likeness (QED) is 0.525. The topological polar surface area (TPSA) is 113 Å². The molecule has 11 heteroatoms. The van der Waals surface area contributed by atoms with Crippen LogP contribution >= 0.6 is 0 Å². The molecule has 3 aromatic rings. The van der Waals surface area contributed by atoms with Crippen LogP contribution in [0.2, 0.25) is 0 Å². The van der Waals surface area contributed by atoms with Gasteiger partial charge in [0.05, 0.1) is 43.8 Å². The summed E-state index contributed by atoms with van der Waals surface area (Å²) in [5.74, 6) is 2.55. The lowest BCUT2D eigenvalue weighted by Gasteiger charge is -2.28. The van der Waals surface area contributed by atoms with Crippen molar-refractivity contribution in [1.29, 1.82) is 0 Å². The fourth-order valence-corrected chi connectivity index (χ4v) is 3.92. The van der Waals surface area contributed by atoms with E-state index >= 15 is 0 Å². The van der Waals surface area contributed by atoms with Crippen molar-refractivity contribution in [2.24, 2.45) is 0 Å². The second kappa shape index (κ2) is 7.99. The normalized spacial score (nSPS) is 20.7. The van der Waals surface area contributed by atoms with Crippen molar-refractivity contribution >= 4 is 23.4 Å². The molecule has 3 aromatic heterocycles. The Hall–Kier alpha value is -3.47. The number of aromatic nitrogens is 5. The Morgan fingerprint density at radius 1 is 1.32 bits per heavy atom. The van der Waals surface area contributed by atoms with Crippen molar-refractivity contribution < 1.29 is 13.9 Å². The molecule has 5 rings (SSSR count). The number of methoxy groups -OCH3 is 1. The lowest BCUT2D eigenvalue weighted by molar-refractivity contribution is 0.0989. The summed E-state index contributed by atoms with van der Waals surface area (Å²) < 4.78 is 24.1. The first-order valence-electron chi connectivity index (χ1n) is 10.1. The van der Waals surface area contributed by atoms with Gasteiger partial charge in [-0.2, -0.15) is 9.97 Å². The van der Waals surface area contributed by atoms with Gasteiger partial charge in [0.2, 0.25) is 11.8 Å². The standard InChI is InChI=1S/C20H23FN8O2/c1-11(15-4-3-12(21)8-22-15)23-16-6-18(29-9-14-5-13(29)10-31-14)26-20(24-16)25-17-7-19(30-2)28-27-17/h3-4,6-8,11,13-14H,5,9-10H2,1-2H3,(H3,23,24,25,26,27,28)/t11?,13?,14-/m0/s1. The molecule has 2 fully saturated rings. The molecule has 2 saturated heterocycles. The van der Waals surface area contributed by atoms with Crippen LogP contribution in [0.25, 0.3) is 0 Å². The number of halogens is 1. The zero-order valence-electron chi connectivity index (χ0n) is 17.2. The average Bonchev–Trinajstić information content (AvgIpc) is 3.51. The van der Waals surface area contributed by atoms with Crippen molar-refractivity contribution in [1.82, 2.24) is 25.1 Å². The number of hydrogen-bond donors (Lipinski definition) is 3. The van der Waals surface area contributed by atoms with E-state index in [9.17, 15) is 4.39 Å². The molecule has 10 nitrogen and oxygen atoms in total. The van der Waals surface area contributed by atoms with E-state index in [1.807, 2.05) is 13.0 Å². The third kappa shape index (κ3) is 4.08. The highest BCUT2D eigenvalue weighted by Crippen LogP contribution is 2.33. The molecule has 2 bridgehead atoms. The van der Waals surface area contributed by atoms with Crippen LogP contribution in [0.1, 0.15) is 25.1 Å². The van der Waals surface area contributed by atoms with Gasteiger partial charge in [0, 0.05) is 18.7 Å². The van der Waals surface area contributed by atoms with E-state index in [4.69, 9.17) is 14.5 Å². The van der Waals surface area contributed by atoms with Crippen LogP contribution in [0.4, 0.5) is 27.8 Å². The molecule has 0 aliphatic carbocycles. The number of H-pyrrole nitrogens is 1. The Labute approximate surface area is 178 Å². The summed E-state index contributed by atoms with van der Waals surface area (Å²) in [5, 5.41) is 13.4. The van der Waals surface area contributed by atoms with E-state index in [0.717, 1.165) is 18.8 Å².